The molecule has 4 heteroatoms. The maximum Gasteiger partial charge on any atom is 0.256 e. The number of para-hydroxylation sites is 1. The van der Waals surface area contributed by atoms with Crippen LogP contribution in [0.4, 0.5) is 5.69 Å². The van der Waals surface area contributed by atoms with Crippen LogP contribution in [0.2, 0.25) is 0 Å². The Labute approximate surface area is 172 Å². The minimum Gasteiger partial charge on any atom is -0.321 e. The summed E-state index contributed by atoms with van der Waals surface area (Å²) in [7, 11) is 0. The van der Waals surface area contributed by atoms with Gasteiger partial charge in [0.15, 0.2) is 0 Å². The van der Waals surface area contributed by atoms with Crippen molar-refractivity contribution in [2.75, 3.05) is 5.32 Å². The second-order valence-corrected chi connectivity index (χ2v) is 7.64. The Bertz CT molecular complexity index is 1190. The van der Waals surface area contributed by atoms with Crippen LogP contribution in [0.1, 0.15) is 21.5 Å². The number of amides is 1. The number of nitrogens with one attached hydrogen (secondary N) is 1. The summed E-state index contributed by atoms with van der Waals surface area (Å²) in [5.74, 6) is -0.141. The van der Waals surface area contributed by atoms with E-state index in [-0.39, 0.29) is 5.91 Å². The lowest BCUT2D eigenvalue weighted by atomic mass is 9.97. The SMILES string of the molecule is Cc1ccc(NC(=O)c2c(C)c(-c3ccccc3)nc3ccccc23)c(Br)c1. The third-order valence-corrected chi connectivity index (χ3v) is 5.44. The molecule has 0 saturated heterocycles. The second kappa shape index (κ2) is 7.56. The normalized spacial score (nSPS) is 10.8. The third kappa shape index (κ3) is 3.43. The summed E-state index contributed by atoms with van der Waals surface area (Å²) >= 11 is 3.54. The van der Waals surface area contributed by atoms with E-state index in [1.54, 1.807) is 0 Å². The summed E-state index contributed by atoms with van der Waals surface area (Å²) in [6.45, 7) is 3.98. The number of hydrogen-bond acceptors (Lipinski definition) is 2. The van der Waals surface area contributed by atoms with Crippen LogP contribution in [0, 0.1) is 13.8 Å². The fourth-order valence-corrected chi connectivity index (χ4v) is 3.98. The number of hydrogen-bond donors (Lipinski definition) is 1. The lowest BCUT2D eigenvalue weighted by molar-refractivity contribution is 0.102. The Morgan fingerprint density at radius 1 is 0.929 bits per heavy atom. The van der Waals surface area contributed by atoms with Crippen LogP contribution in [0.5, 0.6) is 0 Å². The predicted octanol–water partition coefficient (Wildman–Crippen LogP) is 6.53. The first-order valence-electron chi connectivity index (χ1n) is 9.07. The standard InChI is InChI=1S/C24H19BrN2O/c1-15-12-13-21(19(25)14-15)27-24(28)22-16(2)23(17-8-4-3-5-9-17)26-20-11-7-6-10-18(20)22/h3-14H,1-2H3,(H,27,28). The molecular formula is C24H19BrN2O. The van der Waals surface area contributed by atoms with Crippen LogP contribution in [0.3, 0.4) is 0 Å². The molecule has 4 rings (SSSR count). The first kappa shape index (κ1) is 18.4. The first-order chi connectivity index (χ1) is 13.5. The van der Waals surface area contributed by atoms with Gasteiger partial charge in [-0.25, -0.2) is 4.98 Å². The number of anilines is 1. The molecule has 1 amide bonds. The smallest absolute Gasteiger partial charge is 0.256 e. The highest BCUT2D eigenvalue weighted by Crippen LogP contribution is 2.31. The second-order valence-electron chi connectivity index (χ2n) is 6.78. The topological polar surface area (TPSA) is 42.0 Å². The fourth-order valence-electron chi connectivity index (χ4n) is 3.38. The highest BCUT2D eigenvalue weighted by Gasteiger charge is 2.19. The van der Waals surface area contributed by atoms with Gasteiger partial charge in [0, 0.05) is 15.4 Å². The molecule has 0 atom stereocenters. The molecule has 1 heterocycles. The summed E-state index contributed by atoms with van der Waals surface area (Å²) in [5.41, 5.74) is 6.02. The van der Waals surface area contributed by atoms with E-state index in [9.17, 15) is 4.79 Å². The molecule has 1 N–H and O–H groups in total. The molecule has 0 spiro atoms. The van der Waals surface area contributed by atoms with E-state index in [2.05, 4.69) is 21.2 Å². The summed E-state index contributed by atoms with van der Waals surface area (Å²) < 4.78 is 0.861. The molecule has 0 aliphatic carbocycles. The van der Waals surface area contributed by atoms with Gasteiger partial charge in [-0.3, -0.25) is 4.79 Å². The van der Waals surface area contributed by atoms with Gasteiger partial charge in [0.1, 0.15) is 0 Å². The average Bonchev–Trinajstić information content (AvgIpc) is 2.70. The molecular weight excluding hydrogens is 412 g/mol. The largest absolute Gasteiger partial charge is 0.321 e. The van der Waals surface area contributed by atoms with Crippen molar-refractivity contribution in [1.29, 1.82) is 0 Å². The van der Waals surface area contributed by atoms with Crippen molar-refractivity contribution in [1.82, 2.24) is 4.98 Å². The maximum absolute atomic E-state index is 13.3. The number of nitrogens with zero attached hydrogens (tertiary/aromatic N) is 1. The molecule has 0 unspecified atom stereocenters. The zero-order chi connectivity index (χ0) is 19.7. The molecule has 138 valence electrons. The quantitative estimate of drug-likeness (QED) is 0.401. The molecule has 1 aromatic heterocycles. The van der Waals surface area contributed by atoms with E-state index in [1.807, 2.05) is 86.6 Å². The van der Waals surface area contributed by atoms with Crippen molar-refractivity contribution in [3.05, 3.63) is 94.0 Å². The van der Waals surface area contributed by atoms with E-state index in [1.165, 1.54) is 0 Å². The lowest BCUT2D eigenvalue weighted by Crippen LogP contribution is -2.15. The van der Waals surface area contributed by atoms with Crippen LogP contribution in [0.25, 0.3) is 22.2 Å². The van der Waals surface area contributed by atoms with Crippen molar-refractivity contribution in [3.8, 4) is 11.3 Å². The summed E-state index contributed by atoms with van der Waals surface area (Å²) in [4.78, 5) is 18.1. The van der Waals surface area contributed by atoms with Crippen molar-refractivity contribution in [2.45, 2.75) is 13.8 Å². The molecule has 0 fully saturated rings. The molecule has 4 aromatic rings. The minimum atomic E-state index is -0.141. The average molecular weight is 431 g/mol. The number of halogens is 1. The molecule has 0 aliphatic heterocycles. The number of benzene rings is 3. The van der Waals surface area contributed by atoms with Crippen molar-refractivity contribution < 1.29 is 4.79 Å². The summed E-state index contributed by atoms with van der Waals surface area (Å²) in [6.07, 6.45) is 0. The maximum atomic E-state index is 13.3. The Balaban J connectivity index is 1.87. The van der Waals surface area contributed by atoms with Gasteiger partial charge < -0.3 is 5.32 Å². The third-order valence-electron chi connectivity index (χ3n) is 4.78. The molecule has 3 nitrogen and oxygen atoms in total. The van der Waals surface area contributed by atoms with Crippen molar-refractivity contribution in [2.24, 2.45) is 0 Å². The van der Waals surface area contributed by atoms with Crippen molar-refractivity contribution >= 4 is 38.4 Å². The number of carbonyl (C=O) groups excluding carboxylic acids is 1. The van der Waals surface area contributed by atoms with E-state index < -0.39 is 0 Å². The van der Waals surface area contributed by atoms with E-state index in [0.29, 0.717) is 5.56 Å². The van der Waals surface area contributed by atoms with Gasteiger partial charge >= 0.3 is 0 Å². The van der Waals surface area contributed by atoms with Crippen LogP contribution < -0.4 is 5.32 Å². The number of carbonyl (C=O) groups is 1. The Kier molecular flexibility index (Phi) is 4.97. The Hall–Kier alpha value is -2.98. The first-order valence-corrected chi connectivity index (χ1v) is 9.86. The molecule has 3 aromatic carbocycles. The van der Waals surface area contributed by atoms with Gasteiger partial charge in [-0.1, -0.05) is 54.6 Å². The van der Waals surface area contributed by atoms with Crippen LogP contribution in [-0.4, -0.2) is 10.9 Å². The van der Waals surface area contributed by atoms with Crippen LogP contribution in [0.15, 0.2) is 77.3 Å². The van der Waals surface area contributed by atoms with E-state index >= 15 is 0 Å². The van der Waals surface area contributed by atoms with Gasteiger partial charge in [0.2, 0.25) is 0 Å². The summed E-state index contributed by atoms with van der Waals surface area (Å²) in [6, 6.07) is 23.6. The molecule has 0 bridgehead atoms. The molecule has 28 heavy (non-hydrogen) atoms. The minimum absolute atomic E-state index is 0.141. The predicted molar refractivity (Wildman–Crippen MR) is 119 cm³/mol. The molecule has 0 aliphatic rings. The lowest BCUT2D eigenvalue weighted by Gasteiger charge is -2.15. The van der Waals surface area contributed by atoms with Gasteiger partial charge in [-0.2, -0.15) is 0 Å². The Morgan fingerprint density at radius 2 is 1.64 bits per heavy atom. The van der Waals surface area contributed by atoms with Gasteiger partial charge in [-0.15, -0.1) is 0 Å². The van der Waals surface area contributed by atoms with Crippen LogP contribution >= 0.6 is 15.9 Å². The molecule has 0 radical (unpaired) electrons. The zero-order valence-corrected chi connectivity index (χ0v) is 17.2. The number of aromatic nitrogens is 1. The molecule has 0 saturated carbocycles. The zero-order valence-electron chi connectivity index (χ0n) is 15.7. The monoisotopic (exact) mass is 430 g/mol. The van der Waals surface area contributed by atoms with E-state index in [0.717, 1.165) is 43.4 Å². The Morgan fingerprint density at radius 3 is 2.39 bits per heavy atom. The number of rotatable bonds is 3. The highest BCUT2D eigenvalue weighted by molar-refractivity contribution is 9.10. The van der Waals surface area contributed by atoms with Gasteiger partial charge in [0.25, 0.3) is 5.91 Å². The van der Waals surface area contributed by atoms with E-state index in [4.69, 9.17) is 4.98 Å². The number of aryl methyl sites for hydroxylation is 1. The summed E-state index contributed by atoms with van der Waals surface area (Å²) in [5, 5.41) is 3.90. The highest BCUT2D eigenvalue weighted by atomic mass is 79.9. The van der Waals surface area contributed by atoms with Gasteiger partial charge in [-0.05, 0) is 59.1 Å². The van der Waals surface area contributed by atoms with Crippen LogP contribution in [-0.2, 0) is 0 Å². The van der Waals surface area contributed by atoms with Crippen molar-refractivity contribution in [3.63, 3.8) is 0 Å². The number of pyridine rings is 1. The fraction of sp³-hybridized carbons (Fsp3) is 0.0833. The number of fused-ring (bicyclic) bond motifs is 1. The van der Waals surface area contributed by atoms with Gasteiger partial charge in [0.05, 0.1) is 22.5 Å².